The summed E-state index contributed by atoms with van der Waals surface area (Å²) in [6.45, 7) is 1.50. The first-order valence-corrected chi connectivity index (χ1v) is 9.34. The van der Waals surface area contributed by atoms with Crippen LogP contribution in [0, 0.1) is 0 Å². The van der Waals surface area contributed by atoms with Crippen molar-refractivity contribution < 1.29 is 4.79 Å². The van der Waals surface area contributed by atoms with Crippen molar-refractivity contribution in [1.82, 2.24) is 24.8 Å². The molecule has 0 fully saturated rings. The molecule has 0 radical (unpaired) electrons. The second kappa shape index (κ2) is 6.98. The van der Waals surface area contributed by atoms with Gasteiger partial charge in [-0.2, -0.15) is 0 Å². The van der Waals surface area contributed by atoms with Gasteiger partial charge < -0.3 is 9.78 Å². The van der Waals surface area contributed by atoms with E-state index in [-0.39, 0.29) is 6.04 Å². The Kier molecular flexibility index (Phi) is 4.18. The maximum Gasteiger partial charge on any atom is 0.177 e. The number of aromatic amines is 1. The Morgan fingerprint density at radius 3 is 2.82 bits per heavy atom. The molecule has 4 aromatic rings. The van der Waals surface area contributed by atoms with Gasteiger partial charge in [-0.05, 0) is 46.5 Å². The Bertz CT molecular complexity index is 1110. The van der Waals surface area contributed by atoms with Crippen molar-refractivity contribution in [3.05, 3.63) is 78.0 Å². The number of pyridine rings is 2. The lowest BCUT2D eigenvalue weighted by Gasteiger charge is -2.20. The molecule has 1 aromatic carbocycles. The van der Waals surface area contributed by atoms with Crippen LogP contribution in [0.2, 0.25) is 0 Å². The van der Waals surface area contributed by atoms with Gasteiger partial charge in [-0.3, -0.25) is 9.88 Å². The van der Waals surface area contributed by atoms with Crippen molar-refractivity contribution in [1.29, 1.82) is 0 Å². The van der Waals surface area contributed by atoms with Gasteiger partial charge in [0.2, 0.25) is 0 Å². The fourth-order valence-electron chi connectivity index (χ4n) is 4.02. The van der Waals surface area contributed by atoms with Crippen LogP contribution in [0.1, 0.15) is 23.0 Å². The van der Waals surface area contributed by atoms with E-state index in [1.807, 2.05) is 24.3 Å². The molecule has 0 saturated heterocycles. The van der Waals surface area contributed by atoms with Crippen molar-refractivity contribution in [3.63, 3.8) is 0 Å². The van der Waals surface area contributed by atoms with Gasteiger partial charge in [-0.1, -0.05) is 18.2 Å². The standard InChI is InChI=1S/C22H19N5O/c28-14-19-21-16(3-1-4-17(21)15-6-10-23-11-7-15)13-27(19)12-8-20-25-18-5-2-9-24-22(18)26-20/h1-7,9-11,14,19H,8,12-13H2,(H,24,25,26). The van der Waals surface area contributed by atoms with Gasteiger partial charge in [0.05, 0.1) is 11.6 Å². The highest BCUT2D eigenvalue weighted by Crippen LogP contribution is 2.39. The molecule has 6 nitrogen and oxygen atoms in total. The topological polar surface area (TPSA) is 74.8 Å². The molecular formula is C22H19N5O. The van der Waals surface area contributed by atoms with E-state index in [2.05, 4.69) is 43.0 Å². The van der Waals surface area contributed by atoms with Crippen LogP contribution in [-0.4, -0.2) is 37.7 Å². The highest BCUT2D eigenvalue weighted by molar-refractivity contribution is 5.76. The van der Waals surface area contributed by atoms with Crippen molar-refractivity contribution in [2.75, 3.05) is 6.54 Å². The number of rotatable bonds is 5. The monoisotopic (exact) mass is 369 g/mol. The van der Waals surface area contributed by atoms with E-state index in [1.54, 1.807) is 18.6 Å². The molecule has 28 heavy (non-hydrogen) atoms. The summed E-state index contributed by atoms with van der Waals surface area (Å²) in [7, 11) is 0. The van der Waals surface area contributed by atoms with E-state index in [0.29, 0.717) is 0 Å². The first-order chi connectivity index (χ1) is 13.8. The Hall–Kier alpha value is -3.38. The summed E-state index contributed by atoms with van der Waals surface area (Å²) in [4.78, 5) is 30.5. The third-order valence-corrected chi connectivity index (χ3v) is 5.32. The predicted molar refractivity (Wildman–Crippen MR) is 106 cm³/mol. The van der Waals surface area contributed by atoms with Gasteiger partial charge >= 0.3 is 0 Å². The van der Waals surface area contributed by atoms with E-state index < -0.39 is 0 Å². The summed E-state index contributed by atoms with van der Waals surface area (Å²) in [6, 6.07) is 13.8. The number of nitrogens with one attached hydrogen (secondary N) is 1. The third kappa shape index (κ3) is 2.88. The van der Waals surface area contributed by atoms with Crippen molar-refractivity contribution >= 4 is 17.5 Å². The number of nitrogens with zero attached hydrogens (tertiary/aromatic N) is 4. The van der Waals surface area contributed by atoms with Crippen LogP contribution >= 0.6 is 0 Å². The second-order valence-corrected chi connectivity index (χ2v) is 6.97. The van der Waals surface area contributed by atoms with Crippen molar-refractivity contribution in [3.8, 4) is 11.1 Å². The number of fused-ring (bicyclic) bond motifs is 2. The molecule has 1 unspecified atom stereocenters. The Balaban J connectivity index is 1.41. The lowest BCUT2D eigenvalue weighted by molar-refractivity contribution is -0.112. The molecule has 4 heterocycles. The van der Waals surface area contributed by atoms with Gasteiger partial charge in [0.25, 0.3) is 0 Å². The predicted octanol–water partition coefficient (Wildman–Crippen LogP) is 3.32. The molecule has 5 rings (SSSR count). The van der Waals surface area contributed by atoms with Crippen LogP contribution < -0.4 is 0 Å². The van der Waals surface area contributed by atoms with Gasteiger partial charge in [0.15, 0.2) is 5.65 Å². The summed E-state index contributed by atoms with van der Waals surface area (Å²) in [5.41, 5.74) is 6.17. The fraction of sp³-hybridized carbons (Fsp3) is 0.182. The van der Waals surface area contributed by atoms with Crippen LogP contribution in [0.25, 0.3) is 22.3 Å². The van der Waals surface area contributed by atoms with E-state index >= 15 is 0 Å². The summed E-state index contributed by atoms with van der Waals surface area (Å²) < 4.78 is 0. The quantitative estimate of drug-likeness (QED) is 0.546. The van der Waals surface area contributed by atoms with Crippen LogP contribution in [0.3, 0.4) is 0 Å². The van der Waals surface area contributed by atoms with E-state index in [0.717, 1.165) is 59.5 Å². The zero-order valence-electron chi connectivity index (χ0n) is 15.2. The van der Waals surface area contributed by atoms with E-state index in [4.69, 9.17) is 0 Å². The Labute approximate surface area is 162 Å². The normalized spacial score (nSPS) is 16.4. The zero-order valence-corrected chi connectivity index (χ0v) is 15.2. The number of carbonyl (C=O) groups excluding carboxylic acids is 1. The lowest BCUT2D eigenvalue weighted by atomic mass is 9.94. The third-order valence-electron chi connectivity index (χ3n) is 5.32. The minimum absolute atomic E-state index is 0.248. The highest BCUT2D eigenvalue weighted by Gasteiger charge is 2.32. The van der Waals surface area contributed by atoms with Crippen LogP contribution in [-0.2, 0) is 17.8 Å². The molecular weight excluding hydrogens is 350 g/mol. The van der Waals surface area contributed by atoms with Gasteiger partial charge in [0, 0.05) is 38.1 Å². The van der Waals surface area contributed by atoms with Crippen molar-refractivity contribution in [2.24, 2.45) is 0 Å². The number of carbonyl (C=O) groups is 1. The number of hydrogen-bond donors (Lipinski definition) is 1. The smallest absolute Gasteiger partial charge is 0.177 e. The number of aromatic nitrogens is 4. The van der Waals surface area contributed by atoms with Gasteiger partial charge in [-0.15, -0.1) is 0 Å². The molecule has 138 valence electrons. The molecule has 0 saturated carbocycles. The minimum atomic E-state index is -0.248. The number of imidazole rings is 1. The zero-order chi connectivity index (χ0) is 18.9. The minimum Gasteiger partial charge on any atom is -0.341 e. The maximum absolute atomic E-state index is 12.0. The Morgan fingerprint density at radius 2 is 2.00 bits per heavy atom. The molecule has 6 heteroatoms. The molecule has 1 N–H and O–H groups in total. The maximum atomic E-state index is 12.0. The molecule has 0 bridgehead atoms. The SMILES string of the molecule is O=CC1c2c(cccc2-c2ccncc2)CN1CCc1nc2ncccc2[nH]1. The number of hydrogen-bond acceptors (Lipinski definition) is 5. The summed E-state index contributed by atoms with van der Waals surface area (Å²) in [6.07, 6.45) is 7.10. The molecule has 1 aliphatic heterocycles. The van der Waals surface area contributed by atoms with Crippen LogP contribution in [0.15, 0.2) is 61.1 Å². The first kappa shape index (κ1) is 16.8. The fourth-order valence-corrected chi connectivity index (χ4v) is 4.02. The van der Waals surface area contributed by atoms with Crippen LogP contribution in [0.5, 0.6) is 0 Å². The largest absolute Gasteiger partial charge is 0.341 e. The summed E-state index contributed by atoms with van der Waals surface area (Å²) >= 11 is 0. The molecule has 0 spiro atoms. The average Bonchev–Trinajstić information content (AvgIpc) is 3.33. The Morgan fingerprint density at radius 1 is 1.11 bits per heavy atom. The molecule has 0 aliphatic carbocycles. The van der Waals surface area contributed by atoms with Gasteiger partial charge in [-0.25, -0.2) is 9.97 Å². The van der Waals surface area contributed by atoms with Gasteiger partial charge in [0.1, 0.15) is 12.1 Å². The molecule has 3 aromatic heterocycles. The summed E-state index contributed by atoms with van der Waals surface area (Å²) in [5.74, 6) is 0.892. The van der Waals surface area contributed by atoms with Crippen molar-refractivity contribution in [2.45, 2.75) is 19.0 Å². The molecule has 0 amide bonds. The lowest BCUT2D eigenvalue weighted by Crippen LogP contribution is -2.26. The first-order valence-electron chi connectivity index (χ1n) is 9.34. The highest BCUT2D eigenvalue weighted by atomic mass is 16.1. The molecule has 1 aliphatic rings. The van der Waals surface area contributed by atoms with E-state index in [1.165, 1.54) is 5.56 Å². The number of aldehydes is 1. The number of benzene rings is 1. The average molecular weight is 369 g/mol. The van der Waals surface area contributed by atoms with Crippen LogP contribution in [0.4, 0.5) is 0 Å². The number of H-pyrrole nitrogens is 1. The summed E-state index contributed by atoms with van der Waals surface area (Å²) in [5, 5.41) is 0. The van der Waals surface area contributed by atoms with E-state index in [9.17, 15) is 4.79 Å². The molecule has 1 atom stereocenters. The second-order valence-electron chi connectivity index (χ2n) is 6.97.